The fourth-order valence-corrected chi connectivity index (χ4v) is 2.95. The van der Waals surface area contributed by atoms with Gasteiger partial charge in [0.25, 0.3) is 0 Å². The number of ether oxygens (including phenoxy) is 3. The second-order valence-corrected chi connectivity index (χ2v) is 8.21. The maximum Gasteiger partial charge on any atom is 0.415 e. The molecule has 2 rings (SSSR count). The van der Waals surface area contributed by atoms with E-state index in [9.17, 15) is 19.5 Å². The lowest BCUT2D eigenvalue weighted by Crippen LogP contribution is -2.35. The van der Waals surface area contributed by atoms with E-state index in [0.717, 1.165) is 0 Å². The van der Waals surface area contributed by atoms with Crippen LogP contribution in [0.5, 0.6) is 23.0 Å². The highest BCUT2D eigenvalue weighted by Crippen LogP contribution is 2.29. The summed E-state index contributed by atoms with van der Waals surface area (Å²) in [6.07, 6.45) is 4.91. The largest absolute Gasteiger partial charge is 0.504 e. The van der Waals surface area contributed by atoms with Gasteiger partial charge in [0.15, 0.2) is 34.6 Å². The first-order chi connectivity index (χ1) is 17.1. The molecule has 0 atom stereocenters. The molecule has 0 fully saturated rings. The van der Waals surface area contributed by atoms with Gasteiger partial charge in [-0.25, -0.2) is 4.79 Å². The van der Waals surface area contributed by atoms with E-state index in [-0.39, 0.29) is 35.2 Å². The normalized spacial score (nSPS) is 11.2. The molecule has 0 aromatic heterocycles. The Balaban J connectivity index is 1.96. The SMILES string of the molecule is COc1cc(/C=C/C(=O)CC(=O)/C=C/c2ccc(OC(=O)N(C)CCN(C)C)c(OC)c2)ccc1O. The molecule has 1 N–H and O–H groups in total. The van der Waals surface area contributed by atoms with Crippen LogP contribution in [0.15, 0.2) is 48.6 Å². The summed E-state index contributed by atoms with van der Waals surface area (Å²) < 4.78 is 15.8. The molecule has 9 nitrogen and oxygen atoms in total. The summed E-state index contributed by atoms with van der Waals surface area (Å²) in [6, 6.07) is 9.55. The minimum atomic E-state index is -0.508. The van der Waals surface area contributed by atoms with Gasteiger partial charge in [0.1, 0.15) is 0 Å². The minimum absolute atomic E-state index is 0.00328. The predicted octanol–water partition coefficient (Wildman–Crippen LogP) is 3.66. The number of ketones is 2. The van der Waals surface area contributed by atoms with Crippen LogP contribution in [0.3, 0.4) is 0 Å². The number of allylic oxidation sites excluding steroid dienone is 2. The van der Waals surface area contributed by atoms with Crippen LogP contribution >= 0.6 is 0 Å². The monoisotopic (exact) mass is 496 g/mol. The molecule has 0 bridgehead atoms. The number of methoxy groups -OCH3 is 2. The number of carbonyl (C=O) groups excluding carboxylic acids is 3. The summed E-state index contributed by atoms with van der Waals surface area (Å²) in [5.74, 6) is 0.142. The van der Waals surface area contributed by atoms with Crippen LogP contribution in [0.4, 0.5) is 4.79 Å². The maximum absolute atomic E-state index is 12.3. The number of nitrogens with zero attached hydrogens (tertiary/aromatic N) is 2. The van der Waals surface area contributed by atoms with E-state index in [4.69, 9.17) is 14.2 Å². The van der Waals surface area contributed by atoms with Gasteiger partial charge in [-0.1, -0.05) is 24.3 Å². The molecule has 0 heterocycles. The summed E-state index contributed by atoms with van der Waals surface area (Å²) in [4.78, 5) is 40.1. The van der Waals surface area contributed by atoms with Crippen LogP contribution in [0, 0.1) is 0 Å². The van der Waals surface area contributed by atoms with Crippen LogP contribution < -0.4 is 14.2 Å². The molecule has 1 amide bonds. The zero-order valence-electron chi connectivity index (χ0n) is 21.2. The molecule has 2 aromatic rings. The maximum atomic E-state index is 12.3. The number of rotatable bonds is 12. The van der Waals surface area contributed by atoms with E-state index in [2.05, 4.69) is 0 Å². The molecule has 0 unspecified atom stereocenters. The van der Waals surface area contributed by atoms with E-state index in [1.54, 1.807) is 49.5 Å². The van der Waals surface area contributed by atoms with Crippen LogP contribution in [-0.2, 0) is 9.59 Å². The summed E-state index contributed by atoms with van der Waals surface area (Å²) >= 11 is 0. The lowest BCUT2D eigenvalue weighted by atomic mass is 10.1. The van der Waals surface area contributed by atoms with Crippen molar-refractivity contribution in [1.29, 1.82) is 0 Å². The first-order valence-corrected chi connectivity index (χ1v) is 11.2. The quantitative estimate of drug-likeness (QED) is 0.351. The van der Waals surface area contributed by atoms with Crippen molar-refractivity contribution in [2.45, 2.75) is 6.42 Å². The highest BCUT2D eigenvalue weighted by atomic mass is 16.6. The molecule has 0 aliphatic rings. The average molecular weight is 497 g/mol. The summed E-state index contributed by atoms with van der Waals surface area (Å²) in [6.45, 7) is 1.21. The van der Waals surface area contributed by atoms with Crippen molar-refractivity contribution in [2.75, 3.05) is 48.5 Å². The van der Waals surface area contributed by atoms with Gasteiger partial charge in [-0.3, -0.25) is 9.59 Å². The molecular weight excluding hydrogens is 464 g/mol. The first kappa shape index (κ1) is 28.1. The van der Waals surface area contributed by atoms with Crippen molar-refractivity contribution in [3.63, 3.8) is 0 Å². The van der Waals surface area contributed by atoms with Crippen LogP contribution in [0.25, 0.3) is 12.2 Å². The fraction of sp³-hybridized carbons (Fsp3) is 0.296. The Kier molecular flexibility index (Phi) is 10.7. The standard InChI is InChI=1S/C27H32N2O7/c1-28(2)14-15-29(3)27(33)36-24-13-9-20(17-26(24)35-5)7-11-22(31)18-21(30)10-6-19-8-12-23(32)25(16-19)34-4/h6-13,16-17,32H,14-15,18H2,1-5H3/b10-6+,11-7+. The molecule has 2 aromatic carbocycles. The number of amides is 1. The van der Waals surface area contributed by atoms with Gasteiger partial charge in [0.2, 0.25) is 0 Å². The van der Waals surface area contributed by atoms with Gasteiger partial charge in [0.05, 0.1) is 20.6 Å². The summed E-state index contributed by atoms with van der Waals surface area (Å²) in [7, 11) is 8.37. The van der Waals surface area contributed by atoms with E-state index in [1.807, 2.05) is 19.0 Å². The lowest BCUT2D eigenvalue weighted by Gasteiger charge is -2.19. The third-order valence-electron chi connectivity index (χ3n) is 5.05. The summed E-state index contributed by atoms with van der Waals surface area (Å²) in [5.41, 5.74) is 1.29. The van der Waals surface area contributed by atoms with Gasteiger partial charge in [0, 0.05) is 20.1 Å². The zero-order valence-corrected chi connectivity index (χ0v) is 21.2. The van der Waals surface area contributed by atoms with E-state index in [0.29, 0.717) is 30.0 Å². The minimum Gasteiger partial charge on any atom is -0.504 e. The molecule has 192 valence electrons. The lowest BCUT2D eigenvalue weighted by molar-refractivity contribution is -0.121. The number of benzene rings is 2. The number of likely N-dealkylation sites (N-methyl/N-ethyl adjacent to an activating group) is 2. The molecule has 9 heteroatoms. The van der Waals surface area contributed by atoms with E-state index < -0.39 is 6.09 Å². The number of carbonyl (C=O) groups is 3. The van der Waals surface area contributed by atoms with Crippen LogP contribution in [-0.4, -0.2) is 81.0 Å². The first-order valence-electron chi connectivity index (χ1n) is 11.2. The number of hydrogen-bond donors (Lipinski definition) is 1. The van der Waals surface area contributed by atoms with Crippen molar-refractivity contribution < 1.29 is 33.7 Å². The Labute approximate surface area is 211 Å². The Hall–Kier alpha value is -4.11. The Morgan fingerprint density at radius 1 is 0.806 bits per heavy atom. The molecule has 0 radical (unpaired) electrons. The predicted molar refractivity (Wildman–Crippen MR) is 138 cm³/mol. The number of hydrogen-bond acceptors (Lipinski definition) is 8. The smallest absolute Gasteiger partial charge is 0.415 e. The van der Waals surface area contributed by atoms with Crippen molar-refractivity contribution in [2.24, 2.45) is 0 Å². The van der Waals surface area contributed by atoms with Gasteiger partial charge < -0.3 is 29.1 Å². The molecule has 0 spiro atoms. The second-order valence-electron chi connectivity index (χ2n) is 8.21. The Bertz CT molecular complexity index is 1140. The molecule has 36 heavy (non-hydrogen) atoms. The second kappa shape index (κ2) is 13.7. The molecule has 0 aliphatic carbocycles. The third-order valence-corrected chi connectivity index (χ3v) is 5.05. The molecule has 0 saturated heterocycles. The topological polar surface area (TPSA) is 106 Å². The van der Waals surface area contributed by atoms with Gasteiger partial charge in [-0.2, -0.15) is 0 Å². The third kappa shape index (κ3) is 8.92. The van der Waals surface area contributed by atoms with Crippen LogP contribution in [0.2, 0.25) is 0 Å². The Morgan fingerprint density at radius 3 is 1.92 bits per heavy atom. The fourth-order valence-electron chi connectivity index (χ4n) is 2.95. The van der Waals surface area contributed by atoms with E-state index >= 15 is 0 Å². The van der Waals surface area contributed by atoms with Crippen molar-refractivity contribution in [3.8, 4) is 23.0 Å². The number of aromatic hydroxyl groups is 1. The van der Waals surface area contributed by atoms with Crippen molar-refractivity contribution >= 4 is 29.8 Å². The van der Waals surface area contributed by atoms with Gasteiger partial charge in [-0.15, -0.1) is 0 Å². The van der Waals surface area contributed by atoms with Crippen molar-refractivity contribution in [1.82, 2.24) is 9.80 Å². The van der Waals surface area contributed by atoms with Crippen molar-refractivity contribution in [3.05, 3.63) is 59.7 Å². The highest BCUT2D eigenvalue weighted by Gasteiger charge is 2.15. The van der Waals surface area contributed by atoms with Crippen LogP contribution in [0.1, 0.15) is 17.5 Å². The van der Waals surface area contributed by atoms with E-state index in [1.165, 1.54) is 37.3 Å². The number of phenolic OH excluding ortho intramolecular Hbond substituents is 1. The van der Waals surface area contributed by atoms with Gasteiger partial charge in [-0.05, 0) is 61.6 Å². The molecule has 0 saturated carbocycles. The van der Waals surface area contributed by atoms with Gasteiger partial charge >= 0.3 is 6.09 Å². The molecular formula is C27H32N2O7. The zero-order chi connectivity index (χ0) is 26.7. The Morgan fingerprint density at radius 2 is 1.36 bits per heavy atom. The summed E-state index contributed by atoms with van der Waals surface area (Å²) in [5, 5.41) is 9.63. The average Bonchev–Trinajstić information content (AvgIpc) is 2.85. The molecule has 0 aliphatic heterocycles. The number of phenols is 1. The highest BCUT2D eigenvalue weighted by molar-refractivity contribution is 6.10.